The minimum absolute atomic E-state index is 0.0193. The number of nitrogens with zero attached hydrogens (tertiary/aromatic N) is 1. The van der Waals surface area contributed by atoms with E-state index in [4.69, 9.17) is 9.47 Å². The molecule has 0 aliphatic carbocycles. The molecule has 0 fully saturated rings. The largest absolute Gasteiger partial charge is 0.493 e. The first-order valence-electron chi connectivity index (χ1n) is 7.37. The minimum atomic E-state index is -0.0455. The SMILES string of the molecule is CCCNCc1cccc(OC)c1OCC(=O)N(C)CC. The van der Waals surface area contributed by atoms with E-state index in [2.05, 4.69) is 12.2 Å². The molecular formula is C16H26N2O3. The Bertz CT molecular complexity index is 449. The number of carbonyl (C=O) groups is 1. The van der Waals surface area contributed by atoms with Gasteiger partial charge in [0.1, 0.15) is 0 Å². The molecular weight excluding hydrogens is 268 g/mol. The smallest absolute Gasteiger partial charge is 0.260 e. The van der Waals surface area contributed by atoms with E-state index in [0.717, 1.165) is 18.5 Å². The second-order valence-corrected chi connectivity index (χ2v) is 4.82. The van der Waals surface area contributed by atoms with E-state index < -0.39 is 0 Å². The summed E-state index contributed by atoms with van der Waals surface area (Å²) in [7, 11) is 3.36. The van der Waals surface area contributed by atoms with Crippen LogP contribution >= 0.6 is 0 Å². The summed E-state index contributed by atoms with van der Waals surface area (Å²) in [6.45, 7) is 6.37. The van der Waals surface area contributed by atoms with Crippen molar-refractivity contribution in [2.75, 3.05) is 33.9 Å². The van der Waals surface area contributed by atoms with Crippen molar-refractivity contribution in [2.45, 2.75) is 26.8 Å². The van der Waals surface area contributed by atoms with Crippen LogP contribution in [0.25, 0.3) is 0 Å². The second-order valence-electron chi connectivity index (χ2n) is 4.82. The van der Waals surface area contributed by atoms with Crippen LogP contribution in [-0.4, -0.2) is 44.7 Å². The maximum Gasteiger partial charge on any atom is 0.260 e. The number of para-hydroxylation sites is 1. The molecule has 1 N–H and O–H groups in total. The van der Waals surface area contributed by atoms with Crippen LogP contribution in [0.1, 0.15) is 25.8 Å². The molecule has 1 aromatic rings. The quantitative estimate of drug-likeness (QED) is 0.708. The van der Waals surface area contributed by atoms with Gasteiger partial charge in [0, 0.05) is 25.7 Å². The van der Waals surface area contributed by atoms with E-state index in [9.17, 15) is 4.79 Å². The lowest BCUT2D eigenvalue weighted by molar-refractivity contribution is -0.131. The lowest BCUT2D eigenvalue weighted by Crippen LogP contribution is -2.31. The number of benzene rings is 1. The predicted molar refractivity (Wildman–Crippen MR) is 83.8 cm³/mol. The molecule has 1 aromatic carbocycles. The van der Waals surface area contributed by atoms with Gasteiger partial charge in [0.15, 0.2) is 18.1 Å². The number of ether oxygens (including phenoxy) is 2. The lowest BCUT2D eigenvalue weighted by atomic mass is 10.2. The highest BCUT2D eigenvalue weighted by molar-refractivity contribution is 5.77. The third-order valence-corrected chi connectivity index (χ3v) is 3.26. The number of amides is 1. The van der Waals surface area contributed by atoms with Gasteiger partial charge in [0.05, 0.1) is 7.11 Å². The van der Waals surface area contributed by atoms with E-state index >= 15 is 0 Å². The van der Waals surface area contributed by atoms with E-state index in [1.807, 2.05) is 25.1 Å². The topological polar surface area (TPSA) is 50.8 Å². The number of hydrogen-bond donors (Lipinski definition) is 1. The zero-order valence-electron chi connectivity index (χ0n) is 13.4. The molecule has 1 rings (SSSR count). The Morgan fingerprint density at radius 3 is 2.71 bits per heavy atom. The summed E-state index contributed by atoms with van der Waals surface area (Å²) in [5, 5.41) is 3.33. The average molecular weight is 294 g/mol. The molecule has 0 spiro atoms. The van der Waals surface area contributed by atoms with Gasteiger partial charge in [-0.1, -0.05) is 19.1 Å². The third-order valence-electron chi connectivity index (χ3n) is 3.26. The molecule has 0 aliphatic heterocycles. The summed E-state index contributed by atoms with van der Waals surface area (Å²) in [5.41, 5.74) is 0.995. The van der Waals surface area contributed by atoms with Gasteiger partial charge in [-0.2, -0.15) is 0 Å². The first-order valence-corrected chi connectivity index (χ1v) is 7.37. The molecule has 0 heterocycles. The van der Waals surface area contributed by atoms with Crippen LogP contribution in [0, 0.1) is 0 Å². The fourth-order valence-electron chi connectivity index (χ4n) is 1.85. The summed E-state index contributed by atoms with van der Waals surface area (Å²) in [5.74, 6) is 1.25. The van der Waals surface area contributed by atoms with Crippen LogP contribution in [0.5, 0.6) is 11.5 Å². The molecule has 118 valence electrons. The summed E-state index contributed by atoms with van der Waals surface area (Å²) in [6, 6.07) is 5.75. The predicted octanol–water partition coefficient (Wildman–Crippen LogP) is 2.05. The summed E-state index contributed by atoms with van der Waals surface area (Å²) in [6.07, 6.45) is 1.07. The average Bonchev–Trinajstić information content (AvgIpc) is 2.52. The van der Waals surface area contributed by atoms with Gasteiger partial charge < -0.3 is 19.7 Å². The first-order chi connectivity index (χ1) is 10.1. The van der Waals surface area contributed by atoms with Crippen molar-refractivity contribution < 1.29 is 14.3 Å². The standard InChI is InChI=1S/C16H26N2O3/c1-5-10-17-11-13-8-7-9-14(20-4)16(13)21-12-15(19)18(3)6-2/h7-9,17H,5-6,10-12H2,1-4H3. The van der Waals surface area contributed by atoms with Gasteiger partial charge >= 0.3 is 0 Å². The molecule has 0 saturated heterocycles. The summed E-state index contributed by atoms with van der Waals surface area (Å²) >= 11 is 0. The van der Waals surface area contributed by atoms with Crippen molar-refractivity contribution in [3.05, 3.63) is 23.8 Å². The van der Waals surface area contributed by atoms with Gasteiger partial charge in [-0.05, 0) is 26.0 Å². The van der Waals surface area contributed by atoms with Crippen LogP contribution in [0.2, 0.25) is 0 Å². The third kappa shape index (κ3) is 5.27. The van der Waals surface area contributed by atoms with Gasteiger partial charge in [-0.15, -0.1) is 0 Å². The fourth-order valence-corrected chi connectivity index (χ4v) is 1.85. The number of nitrogens with one attached hydrogen (secondary N) is 1. The number of hydrogen-bond acceptors (Lipinski definition) is 4. The van der Waals surface area contributed by atoms with Gasteiger partial charge in [0.2, 0.25) is 0 Å². The number of methoxy groups -OCH3 is 1. The second kappa shape index (κ2) is 9.23. The van der Waals surface area contributed by atoms with Crippen LogP contribution in [0.4, 0.5) is 0 Å². The highest BCUT2D eigenvalue weighted by atomic mass is 16.5. The molecule has 5 nitrogen and oxygen atoms in total. The fraction of sp³-hybridized carbons (Fsp3) is 0.562. The molecule has 0 aliphatic rings. The van der Waals surface area contributed by atoms with Crippen molar-refractivity contribution in [1.82, 2.24) is 10.2 Å². The normalized spacial score (nSPS) is 10.3. The summed E-state index contributed by atoms with van der Waals surface area (Å²) in [4.78, 5) is 13.5. The van der Waals surface area contributed by atoms with Gasteiger partial charge in [-0.25, -0.2) is 0 Å². The van der Waals surface area contributed by atoms with Crippen molar-refractivity contribution in [3.8, 4) is 11.5 Å². The molecule has 0 saturated carbocycles. The van der Waals surface area contributed by atoms with Crippen LogP contribution < -0.4 is 14.8 Å². The molecule has 21 heavy (non-hydrogen) atoms. The van der Waals surface area contributed by atoms with Crippen LogP contribution in [-0.2, 0) is 11.3 Å². The maximum atomic E-state index is 11.9. The molecule has 0 radical (unpaired) electrons. The zero-order chi connectivity index (χ0) is 15.7. The molecule has 0 aromatic heterocycles. The Morgan fingerprint density at radius 1 is 1.33 bits per heavy atom. The molecule has 1 amide bonds. The zero-order valence-corrected chi connectivity index (χ0v) is 13.4. The van der Waals surface area contributed by atoms with Crippen LogP contribution in [0.15, 0.2) is 18.2 Å². The molecule has 5 heteroatoms. The van der Waals surface area contributed by atoms with Crippen molar-refractivity contribution in [2.24, 2.45) is 0 Å². The Labute approximate surface area is 127 Å². The first kappa shape index (κ1) is 17.3. The maximum absolute atomic E-state index is 11.9. The Balaban J connectivity index is 2.79. The van der Waals surface area contributed by atoms with Crippen molar-refractivity contribution in [1.29, 1.82) is 0 Å². The number of likely N-dealkylation sites (N-methyl/N-ethyl adjacent to an activating group) is 1. The Kier molecular flexibility index (Phi) is 7.61. The highest BCUT2D eigenvalue weighted by Crippen LogP contribution is 2.31. The van der Waals surface area contributed by atoms with E-state index in [0.29, 0.717) is 24.6 Å². The monoisotopic (exact) mass is 294 g/mol. The van der Waals surface area contributed by atoms with E-state index in [1.165, 1.54) is 0 Å². The highest BCUT2D eigenvalue weighted by Gasteiger charge is 2.13. The Hall–Kier alpha value is -1.75. The van der Waals surface area contributed by atoms with E-state index in [-0.39, 0.29) is 12.5 Å². The number of carbonyl (C=O) groups excluding carboxylic acids is 1. The van der Waals surface area contributed by atoms with Crippen molar-refractivity contribution in [3.63, 3.8) is 0 Å². The summed E-state index contributed by atoms with van der Waals surface area (Å²) < 4.78 is 11.1. The Morgan fingerprint density at radius 2 is 2.10 bits per heavy atom. The van der Waals surface area contributed by atoms with Crippen molar-refractivity contribution >= 4 is 5.91 Å². The van der Waals surface area contributed by atoms with Gasteiger partial charge in [0.25, 0.3) is 5.91 Å². The molecule has 0 bridgehead atoms. The van der Waals surface area contributed by atoms with Crippen LogP contribution in [0.3, 0.4) is 0 Å². The lowest BCUT2D eigenvalue weighted by Gasteiger charge is -2.18. The molecule has 0 atom stereocenters. The molecule has 0 unspecified atom stereocenters. The van der Waals surface area contributed by atoms with E-state index in [1.54, 1.807) is 19.1 Å². The number of rotatable bonds is 9. The van der Waals surface area contributed by atoms with Gasteiger partial charge in [-0.3, -0.25) is 4.79 Å². The minimum Gasteiger partial charge on any atom is -0.493 e.